The average molecular weight is 240 g/mol. The van der Waals surface area contributed by atoms with Crippen LogP contribution in [-0.2, 0) is 4.74 Å². The van der Waals surface area contributed by atoms with E-state index in [9.17, 15) is 0 Å². The van der Waals surface area contributed by atoms with E-state index in [1.807, 2.05) is 36.4 Å². The summed E-state index contributed by atoms with van der Waals surface area (Å²) in [6, 6.07) is 7.59. The molecule has 0 saturated heterocycles. The monoisotopic (exact) mass is 239 g/mol. The number of benzene rings is 1. The molecule has 0 spiro atoms. The third-order valence-corrected chi connectivity index (χ3v) is 2.41. The Morgan fingerprint density at radius 1 is 1.38 bits per heavy atom. The van der Waals surface area contributed by atoms with Crippen LogP contribution in [0.2, 0.25) is 5.02 Å². The standard InChI is InChI=1S/C13H18ClNO/c1-2-3-10-16-13(15)9-6-11-4-7-12(14)8-5-11/h4-9,13H,2-3,10,15H2,1H3/b9-6-. The van der Waals surface area contributed by atoms with E-state index in [0.717, 1.165) is 23.4 Å². The molecule has 0 bridgehead atoms. The van der Waals surface area contributed by atoms with E-state index in [2.05, 4.69) is 6.92 Å². The molecule has 0 radical (unpaired) electrons. The van der Waals surface area contributed by atoms with Crippen molar-refractivity contribution in [1.29, 1.82) is 0 Å². The van der Waals surface area contributed by atoms with Crippen LogP contribution in [0.15, 0.2) is 30.3 Å². The Morgan fingerprint density at radius 2 is 2.06 bits per heavy atom. The lowest BCUT2D eigenvalue weighted by atomic mass is 10.2. The van der Waals surface area contributed by atoms with Gasteiger partial charge < -0.3 is 10.5 Å². The fourth-order valence-corrected chi connectivity index (χ4v) is 1.33. The number of unbranched alkanes of at least 4 members (excludes halogenated alkanes) is 1. The van der Waals surface area contributed by atoms with Crippen molar-refractivity contribution in [3.8, 4) is 0 Å². The minimum atomic E-state index is -0.331. The van der Waals surface area contributed by atoms with Gasteiger partial charge in [-0.25, -0.2) is 0 Å². The fraction of sp³-hybridized carbons (Fsp3) is 0.385. The number of hydrogen-bond acceptors (Lipinski definition) is 2. The zero-order chi connectivity index (χ0) is 11.8. The molecule has 0 fully saturated rings. The van der Waals surface area contributed by atoms with Crippen LogP contribution in [-0.4, -0.2) is 12.8 Å². The number of halogens is 1. The molecule has 0 aliphatic carbocycles. The van der Waals surface area contributed by atoms with Crippen LogP contribution < -0.4 is 5.73 Å². The molecular weight excluding hydrogens is 222 g/mol. The van der Waals surface area contributed by atoms with Crippen LogP contribution in [0.4, 0.5) is 0 Å². The van der Waals surface area contributed by atoms with Gasteiger partial charge in [-0.3, -0.25) is 0 Å². The van der Waals surface area contributed by atoms with Gasteiger partial charge in [0.25, 0.3) is 0 Å². The molecule has 1 rings (SSSR count). The normalized spacial score (nSPS) is 13.2. The highest BCUT2D eigenvalue weighted by atomic mass is 35.5. The van der Waals surface area contributed by atoms with Crippen molar-refractivity contribution in [2.24, 2.45) is 5.73 Å². The summed E-state index contributed by atoms with van der Waals surface area (Å²) in [6.07, 6.45) is 5.62. The molecule has 88 valence electrons. The van der Waals surface area contributed by atoms with Crippen LogP contribution in [0, 0.1) is 0 Å². The van der Waals surface area contributed by atoms with Crippen LogP contribution in [0.1, 0.15) is 25.3 Å². The highest BCUT2D eigenvalue weighted by Crippen LogP contribution is 2.10. The second-order valence-electron chi connectivity index (χ2n) is 3.60. The van der Waals surface area contributed by atoms with Crippen molar-refractivity contribution in [1.82, 2.24) is 0 Å². The summed E-state index contributed by atoms with van der Waals surface area (Å²) in [6.45, 7) is 2.83. The van der Waals surface area contributed by atoms with Crippen LogP contribution in [0.5, 0.6) is 0 Å². The minimum Gasteiger partial charge on any atom is -0.360 e. The second kappa shape index (κ2) is 7.44. The number of nitrogens with two attached hydrogens (primary N) is 1. The van der Waals surface area contributed by atoms with E-state index in [1.165, 1.54) is 0 Å². The Balaban J connectivity index is 2.37. The zero-order valence-electron chi connectivity index (χ0n) is 9.53. The molecular formula is C13H18ClNO. The first-order valence-corrected chi connectivity index (χ1v) is 5.91. The van der Waals surface area contributed by atoms with Crippen molar-refractivity contribution in [2.45, 2.75) is 26.0 Å². The predicted molar refractivity (Wildman–Crippen MR) is 69.3 cm³/mol. The maximum Gasteiger partial charge on any atom is 0.125 e. The lowest BCUT2D eigenvalue weighted by molar-refractivity contribution is 0.0878. The molecule has 1 atom stereocenters. The largest absolute Gasteiger partial charge is 0.360 e. The maximum atomic E-state index is 5.79. The first-order valence-electron chi connectivity index (χ1n) is 5.53. The quantitative estimate of drug-likeness (QED) is 0.610. The SMILES string of the molecule is CCCCOC(N)/C=C\c1ccc(Cl)cc1. The highest BCUT2D eigenvalue weighted by Gasteiger charge is 1.96. The van der Waals surface area contributed by atoms with Gasteiger partial charge in [0.15, 0.2) is 0 Å². The van der Waals surface area contributed by atoms with E-state index in [1.54, 1.807) is 0 Å². The summed E-state index contributed by atoms with van der Waals surface area (Å²) in [5, 5.41) is 0.737. The summed E-state index contributed by atoms with van der Waals surface area (Å²) in [5.41, 5.74) is 6.83. The van der Waals surface area contributed by atoms with Gasteiger partial charge in [0.2, 0.25) is 0 Å². The van der Waals surface area contributed by atoms with E-state index in [0.29, 0.717) is 6.61 Å². The van der Waals surface area contributed by atoms with Crippen LogP contribution in [0.3, 0.4) is 0 Å². The van der Waals surface area contributed by atoms with E-state index >= 15 is 0 Å². The Kier molecular flexibility index (Phi) is 6.16. The van der Waals surface area contributed by atoms with Crippen molar-refractivity contribution in [3.05, 3.63) is 40.9 Å². The average Bonchev–Trinajstić information content (AvgIpc) is 2.29. The third kappa shape index (κ3) is 5.31. The van der Waals surface area contributed by atoms with Gasteiger partial charge in [0.1, 0.15) is 6.23 Å². The zero-order valence-corrected chi connectivity index (χ0v) is 10.3. The number of ether oxygens (including phenoxy) is 1. The van der Waals surface area contributed by atoms with Crippen molar-refractivity contribution < 1.29 is 4.74 Å². The molecule has 1 aromatic rings. The molecule has 0 amide bonds. The van der Waals surface area contributed by atoms with Crippen LogP contribution in [0.25, 0.3) is 6.08 Å². The van der Waals surface area contributed by atoms with Gasteiger partial charge in [-0.1, -0.05) is 43.2 Å². The third-order valence-electron chi connectivity index (χ3n) is 2.16. The molecule has 0 aliphatic rings. The van der Waals surface area contributed by atoms with E-state index in [4.69, 9.17) is 22.1 Å². The Bertz CT molecular complexity index is 321. The van der Waals surface area contributed by atoms with Crippen molar-refractivity contribution in [3.63, 3.8) is 0 Å². The van der Waals surface area contributed by atoms with Gasteiger partial charge in [0, 0.05) is 11.6 Å². The minimum absolute atomic E-state index is 0.331. The van der Waals surface area contributed by atoms with Gasteiger partial charge in [-0.2, -0.15) is 0 Å². The summed E-state index contributed by atoms with van der Waals surface area (Å²) in [4.78, 5) is 0. The molecule has 1 unspecified atom stereocenters. The molecule has 0 aromatic heterocycles. The summed E-state index contributed by atoms with van der Waals surface area (Å²) in [5.74, 6) is 0. The van der Waals surface area contributed by atoms with Crippen molar-refractivity contribution >= 4 is 17.7 Å². The smallest absolute Gasteiger partial charge is 0.125 e. The fourth-order valence-electron chi connectivity index (χ4n) is 1.20. The number of hydrogen-bond donors (Lipinski definition) is 1. The lowest BCUT2D eigenvalue weighted by Crippen LogP contribution is -2.21. The molecule has 2 N–H and O–H groups in total. The van der Waals surface area contributed by atoms with Gasteiger partial charge in [-0.15, -0.1) is 0 Å². The molecule has 0 aliphatic heterocycles. The Hall–Kier alpha value is -0.830. The molecule has 2 nitrogen and oxygen atoms in total. The Morgan fingerprint density at radius 3 is 2.69 bits per heavy atom. The van der Waals surface area contributed by atoms with Gasteiger partial charge in [0.05, 0.1) is 0 Å². The van der Waals surface area contributed by atoms with E-state index in [-0.39, 0.29) is 6.23 Å². The molecule has 0 heterocycles. The molecule has 3 heteroatoms. The van der Waals surface area contributed by atoms with Gasteiger partial charge >= 0.3 is 0 Å². The molecule has 16 heavy (non-hydrogen) atoms. The summed E-state index contributed by atoms with van der Waals surface area (Å²) >= 11 is 5.79. The first kappa shape index (κ1) is 13.2. The predicted octanol–water partition coefficient (Wildman–Crippen LogP) is 3.45. The summed E-state index contributed by atoms with van der Waals surface area (Å²) < 4.78 is 5.39. The maximum absolute atomic E-state index is 5.79. The molecule has 1 aromatic carbocycles. The van der Waals surface area contributed by atoms with Crippen LogP contribution >= 0.6 is 11.6 Å². The topological polar surface area (TPSA) is 35.2 Å². The number of rotatable bonds is 6. The van der Waals surface area contributed by atoms with Crippen molar-refractivity contribution in [2.75, 3.05) is 6.61 Å². The van der Waals surface area contributed by atoms with E-state index < -0.39 is 0 Å². The summed E-state index contributed by atoms with van der Waals surface area (Å²) in [7, 11) is 0. The lowest BCUT2D eigenvalue weighted by Gasteiger charge is -2.07. The molecule has 0 saturated carbocycles. The van der Waals surface area contributed by atoms with Gasteiger partial charge in [-0.05, 0) is 30.2 Å². The Labute approximate surface area is 102 Å². The first-order chi connectivity index (χ1) is 7.72. The highest BCUT2D eigenvalue weighted by molar-refractivity contribution is 6.30. The second-order valence-corrected chi connectivity index (χ2v) is 4.04.